The summed E-state index contributed by atoms with van der Waals surface area (Å²) in [7, 11) is 0. The first-order chi connectivity index (χ1) is 8.40. The Morgan fingerprint density at radius 2 is 1.83 bits per heavy atom. The predicted molar refractivity (Wildman–Crippen MR) is 64.7 cm³/mol. The van der Waals surface area contributed by atoms with Crippen LogP contribution in [0.3, 0.4) is 0 Å². The highest BCUT2D eigenvalue weighted by Gasteiger charge is 2.28. The monoisotopic (exact) mass is 252 g/mol. The van der Waals surface area contributed by atoms with E-state index in [2.05, 4.69) is 5.73 Å². The van der Waals surface area contributed by atoms with Gasteiger partial charge in [0.05, 0.1) is 0 Å². The first-order valence-corrected chi connectivity index (χ1v) is 5.69. The van der Waals surface area contributed by atoms with Crippen molar-refractivity contribution in [2.75, 3.05) is 0 Å². The van der Waals surface area contributed by atoms with Crippen LogP contribution in [0.4, 0.5) is 0 Å². The molecule has 0 radical (unpaired) electrons. The van der Waals surface area contributed by atoms with Crippen LogP contribution >= 0.6 is 0 Å². The van der Waals surface area contributed by atoms with Gasteiger partial charge in [0.1, 0.15) is 5.75 Å². The van der Waals surface area contributed by atoms with Crippen LogP contribution in [-0.2, 0) is 20.7 Å². The quantitative estimate of drug-likeness (QED) is 0.725. The molecule has 1 aromatic carbocycles. The van der Waals surface area contributed by atoms with E-state index in [4.69, 9.17) is 4.74 Å². The number of rotatable bonds is 5. The molecule has 0 aliphatic carbocycles. The summed E-state index contributed by atoms with van der Waals surface area (Å²) < 4.78 is 5.12. The lowest BCUT2D eigenvalue weighted by Gasteiger charge is -2.19. The molecule has 0 amide bonds. The Labute approximate surface area is 106 Å². The Balaban J connectivity index is 2.80. The van der Waals surface area contributed by atoms with Gasteiger partial charge in [-0.05, 0) is 17.7 Å². The van der Waals surface area contributed by atoms with Crippen LogP contribution < -0.4 is 5.73 Å². The van der Waals surface area contributed by atoms with Gasteiger partial charge in [-0.1, -0.05) is 12.1 Å². The van der Waals surface area contributed by atoms with Crippen LogP contribution in [0.15, 0.2) is 24.3 Å². The number of aromatic hydroxyl groups is 1. The van der Waals surface area contributed by atoms with E-state index < -0.39 is 18.1 Å². The molecule has 0 bridgehead atoms. The van der Waals surface area contributed by atoms with Crippen molar-refractivity contribution < 1.29 is 25.2 Å². The zero-order valence-corrected chi connectivity index (χ0v) is 10.6. The smallest absolute Gasteiger partial charge is 0.303 e. The molecule has 4 N–H and O–H groups in total. The van der Waals surface area contributed by atoms with Crippen LogP contribution in [-0.4, -0.2) is 29.0 Å². The molecule has 2 atom stereocenters. The number of hydrogen-bond donors (Lipinski definition) is 2. The third kappa shape index (κ3) is 4.18. The fraction of sp³-hybridized carbons (Fsp3) is 0.385. The van der Waals surface area contributed by atoms with Crippen molar-refractivity contribution in [3.63, 3.8) is 0 Å². The molecule has 0 aliphatic rings. The van der Waals surface area contributed by atoms with E-state index in [9.17, 15) is 14.7 Å². The Kier molecular flexibility index (Phi) is 4.85. The number of hydrogen-bond acceptors (Lipinski definition) is 4. The Morgan fingerprint density at radius 3 is 2.28 bits per heavy atom. The molecule has 2 unspecified atom stereocenters. The number of phenolic OH excluding ortho intramolecular Hbond substituents is 1. The van der Waals surface area contributed by atoms with E-state index in [0.29, 0.717) is 6.42 Å². The number of Topliss-reactive ketones (excluding diaryl/α,β-unsaturated/α-hetero) is 1. The molecular formula is C13H18NO4+. The molecule has 0 heterocycles. The van der Waals surface area contributed by atoms with Gasteiger partial charge in [0.25, 0.3) is 0 Å². The topological polar surface area (TPSA) is 91.2 Å². The minimum Gasteiger partial charge on any atom is -0.508 e. The Bertz CT molecular complexity index is 427. The van der Waals surface area contributed by atoms with Gasteiger partial charge >= 0.3 is 5.97 Å². The fourth-order valence-corrected chi connectivity index (χ4v) is 1.61. The number of carbonyl (C=O) groups is 2. The highest BCUT2D eigenvalue weighted by Crippen LogP contribution is 2.13. The molecule has 0 spiro atoms. The molecule has 5 nitrogen and oxygen atoms in total. The number of quaternary nitrogens is 1. The third-order valence-electron chi connectivity index (χ3n) is 2.66. The van der Waals surface area contributed by atoms with E-state index in [1.807, 2.05) is 0 Å². The zero-order chi connectivity index (χ0) is 13.7. The summed E-state index contributed by atoms with van der Waals surface area (Å²) in [5.41, 5.74) is 4.60. The summed E-state index contributed by atoms with van der Waals surface area (Å²) in [6.07, 6.45) is -0.183. The minimum absolute atomic E-state index is 0.125. The van der Waals surface area contributed by atoms with Crippen LogP contribution in [0.5, 0.6) is 5.75 Å². The van der Waals surface area contributed by atoms with E-state index >= 15 is 0 Å². The van der Waals surface area contributed by atoms with Crippen LogP contribution in [0.25, 0.3) is 0 Å². The maximum absolute atomic E-state index is 11.3. The van der Waals surface area contributed by atoms with Crippen molar-refractivity contribution in [2.24, 2.45) is 0 Å². The van der Waals surface area contributed by atoms with Gasteiger partial charge in [-0.2, -0.15) is 0 Å². The second kappa shape index (κ2) is 6.16. The van der Waals surface area contributed by atoms with Crippen LogP contribution in [0.2, 0.25) is 0 Å². The van der Waals surface area contributed by atoms with Crippen molar-refractivity contribution >= 4 is 11.8 Å². The zero-order valence-electron chi connectivity index (χ0n) is 10.6. The van der Waals surface area contributed by atoms with Crippen molar-refractivity contribution in [3.05, 3.63) is 29.8 Å². The van der Waals surface area contributed by atoms with E-state index in [-0.39, 0.29) is 11.5 Å². The van der Waals surface area contributed by atoms with E-state index in [0.717, 1.165) is 5.56 Å². The molecule has 18 heavy (non-hydrogen) atoms. The summed E-state index contributed by atoms with van der Waals surface area (Å²) in [6, 6.07) is 5.94. The van der Waals surface area contributed by atoms with Gasteiger partial charge in [0.15, 0.2) is 17.9 Å². The molecular weight excluding hydrogens is 234 g/mol. The van der Waals surface area contributed by atoms with Gasteiger partial charge in [-0.3, -0.25) is 9.59 Å². The summed E-state index contributed by atoms with van der Waals surface area (Å²) >= 11 is 0. The average Bonchev–Trinajstić information content (AvgIpc) is 2.29. The average molecular weight is 252 g/mol. The van der Waals surface area contributed by atoms with Crippen molar-refractivity contribution in [3.8, 4) is 5.75 Å². The summed E-state index contributed by atoms with van der Waals surface area (Å²) in [5.74, 6) is -0.394. The lowest BCUT2D eigenvalue weighted by atomic mass is 10.00. The molecule has 1 aromatic rings. The molecule has 0 saturated carbocycles. The van der Waals surface area contributed by atoms with Gasteiger partial charge in [-0.25, -0.2) is 0 Å². The molecule has 0 aliphatic heterocycles. The second-order valence-electron chi connectivity index (χ2n) is 4.24. The van der Waals surface area contributed by atoms with Gasteiger partial charge in [0, 0.05) is 20.3 Å². The number of benzene rings is 1. The molecule has 1 rings (SSSR count). The Morgan fingerprint density at radius 1 is 1.28 bits per heavy atom. The van der Waals surface area contributed by atoms with E-state index in [1.165, 1.54) is 13.8 Å². The van der Waals surface area contributed by atoms with Gasteiger partial charge in [-0.15, -0.1) is 0 Å². The van der Waals surface area contributed by atoms with Crippen molar-refractivity contribution in [2.45, 2.75) is 32.4 Å². The standard InChI is InChI=1S/C13H17NO4/c1-8(15)13(14)12(18-9(2)16)7-10-3-5-11(17)6-4-10/h3-6,12-13,17H,7,14H2,1-2H3/p+1. The first-order valence-electron chi connectivity index (χ1n) is 5.69. The number of carbonyl (C=O) groups excluding carboxylic acids is 2. The van der Waals surface area contributed by atoms with Crippen molar-refractivity contribution in [1.82, 2.24) is 0 Å². The van der Waals surface area contributed by atoms with Crippen LogP contribution in [0, 0.1) is 0 Å². The molecule has 0 aromatic heterocycles. The predicted octanol–water partition coefficient (Wildman–Crippen LogP) is 0.0659. The van der Waals surface area contributed by atoms with Gasteiger partial charge < -0.3 is 15.6 Å². The number of ketones is 1. The van der Waals surface area contributed by atoms with Crippen molar-refractivity contribution in [1.29, 1.82) is 0 Å². The molecule has 0 fully saturated rings. The molecule has 0 saturated heterocycles. The van der Waals surface area contributed by atoms with E-state index in [1.54, 1.807) is 24.3 Å². The summed E-state index contributed by atoms with van der Waals surface area (Å²) in [4.78, 5) is 22.3. The SMILES string of the molecule is CC(=O)OC(Cc1ccc(O)cc1)C([NH3+])C(C)=O. The maximum atomic E-state index is 11.3. The normalized spacial score (nSPS) is 13.7. The number of ether oxygens (including phenoxy) is 1. The summed E-state index contributed by atoms with van der Waals surface area (Å²) in [5, 5.41) is 9.18. The highest BCUT2D eigenvalue weighted by atomic mass is 16.5. The number of phenols is 1. The lowest BCUT2D eigenvalue weighted by Crippen LogP contribution is -2.70. The molecule has 98 valence electrons. The largest absolute Gasteiger partial charge is 0.508 e. The molecule has 5 heteroatoms. The fourth-order valence-electron chi connectivity index (χ4n) is 1.61. The van der Waals surface area contributed by atoms with Gasteiger partial charge in [0.2, 0.25) is 0 Å². The highest BCUT2D eigenvalue weighted by molar-refractivity contribution is 5.81. The Hall–Kier alpha value is -1.88. The maximum Gasteiger partial charge on any atom is 0.303 e. The second-order valence-corrected chi connectivity index (χ2v) is 4.24. The third-order valence-corrected chi connectivity index (χ3v) is 2.66. The van der Waals surface area contributed by atoms with Crippen LogP contribution in [0.1, 0.15) is 19.4 Å². The minimum atomic E-state index is -0.595. The lowest BCUT2D eigenvalue weighted by molar-refractivity contribution is -0.419. The summed E-state index contributed by atoms with van der Waals surface area (Å²) in [6.45, 7) is 2.72. The number of esters is 1. The first kappa shape index (κ1) is 14.2.